The zero-order valence-corrected chi connectivity index (χ0v) is 30.8. The van der Waals surface area contributed by atoms with Gasteiger partial charge in [-0.1, -0.05) is 66.3 Å². The molecule has 0 aliphatic carbocycles. The molecular weight excluding hydrogens is 708 g/mol. The van der Waals surface area contributed by atoms with Crippen molar-refractivity contribution in [3.8, 4) is 0 Å². The molecule has 0 saturated carbocycles. The van der Waals surface area contributed by atoms with Crippen molar-refractivity contribution < 1.29 is 56.3 Å². The van der Waals surface area contributed by atoms with Gasteiger partial charge in [0.2, 0.25) is 0 Å². The van der Waals surface area contributed by atoms with Crippen LogP contribution in [0.1, 0.15) is 91.0 Å². The fraction of sp³-hybridized carbons (Fsp3) is 0.282. The maximum atomic E-state index is 11.5. The third-order valence-corrected chi connectivity index (χ3v) is 8.83. The van der Waals surface area contributed by atoms with Gasteiger partial charge in [0.1, 0.15) is 0 Å². The summed E-state index contributed by atoms with van der Waals surface area (Å²) in [5.41, 5.74) is 12.6. The van der Waals surface area contributed by atoms with Crippen LogP contribution in [0.3, 0.4) is 0 Å². The summed E-state index contributed by atoms with van der Waals surface area (Å²) < 4.78 is 4.20. The molecule has 13 heteroatoms. The van der Waals surface area contributed by atoms with Crippen molar-refractivity contribution in [2.24, 2.45) is 0 Å². The minimum atomic E-state index is -0.986. The van der Waals surface area contributed by atoms with Crippen molar-refractivity contribution in [2.75, 3.05) is 7.11 Å². The molecule has 0 atom stereocenters. The van der Waals surface area contributed by atoms with Gasteiger partial charge >= 0.3 is 40.9 Å². The molecule has 272 valence electrons. The molecule has 0 saturated heterocycles. The maximum Gasteiger partial charge on any atom is 2.00 e. The van der Waals surface area contributed by atoms with Crippen LogP contribution in [0.15, 0.2) is 43.5 Å². The number of methoxy groups -OCH3 is 1. The first kappa shape index (κ1) is 40.9. The molecule has 3 aromatic rings. The molecule has 12 nitrogen and oxygen atoms in total. The molecular formula is C39H40FeN4O8. The SMILES string of the molecule is C=CC1=C(C)c2cc3[n-]c(cc4nc(cc5[n-]c(cc1n2)c(C)c5C=C)C(C)=C4CCC(=O)O)c(CCC(=O)O)c3C.COC(=O)CCC(=O)O.[Fe+2]. The number of carboxylic acid groups (broad SMARTS) is 3. The van der Waals surface area contributed by atoms with Crippen LogP contribution in [0.4, 0.5) is 0 Å². The van der Waals surface area contributed by atoms with Crippen LogP contribution in [0.2, 0.25) is 0 Å². The predicted molar refractivity (Wildman–Crippen MR) is 195 cm³/mol. The molecule has 2 aliphatic heterocycles. The van der Waals surface area contributed by atoms with E-state index in [0.29, 0.717) is 40.8 Å². The second-order valence-corrected chi connectivity index (χ2v) is 12.1. The van der Waals surface area contributed by atoms with Crippen LogP contribution in [0.5, 0.6) is 0 Å². The van der Waals surface area contributed by atoms with E-state index < -0.39 is 23.9 Å². The predicted octanol–water partition coefficient (Wildman–Crippen LogP) is 6.78. The van der Waals surface area contributed by atoms with Crippen LogP contribution in [-0.2, 0) is 47.4 Å². The molecule has 0 aromatic carbocycles. The standard InChI is InChI=1S/C34H34N4O4.C5H8O4.Fe/c1-7-21-17(3)25-13-26-19(5)23(9-11-33(39)40)31(37-26)16-32-24(10-12-34(41)42)20(6)28(38-32)15-30-22(8-2)18(4)27(36-30)14-29(21)35-25;1-9-5(8)3-2-4(6)7;/h7-8,13-16H,1-2,9-12H2,3-6H3,(H4,35,36,37,38,39,40,41,42);2-3H2,1H3,(H,6,7);/q;;+2/p-2. The van der Waals surface area contributed by atoms with Gasteiger partial charge in [-0.25, -0.2) is 9.97 Å². The van der Waals surface area contributed by atoms with E-state index in [1.54, 1.807) is 12.2 Å². The molecule has 0 spiro atoms. The first-order valence-electron chi connectivity index (χ1n) is 16.2. The van der Waals surface area contributed by atoms with Crippen LogP contribution < -0.4 is 9.97 Å². The zero-order chi connectivity index (χ0) is 37.6. The largest absolute Gasteiger partial charge is 2.00 e. The average molecular weight is 749 g/mol. The smallest absolute Gasteiger partial charge is 0.657 e. The number of allylic oxidation sites excluding steroid dienone is 5. The Morgan fingerprint density at radius 2 is 1.19 bits per heavy atom. The Hall–Kier alpha value is -5.52. The van der Waals surface area contributed by atoms with Crippen molar-refractivity contribution in [1.82, 2.24) is 19.9 Å². The minimum Gasteiger partial charge on any atom is -0.657 e. The molecule has 5 heterocycles. The number of esters is 1. The van der Waals surface area contributed by atoms with Crippen LogP contribution >= 0.6 is 0 Å². The Labute approximate surface area is 311 Å². The molecule has 3 aromatic heterocycles. The van der Waals surface area contributed by atoms with Crippen molar-refractivity contribution in [1.29, 1.82) is 0 Å². The molecule has 5 rings (SSSR count). The van der Waals surface area contributed by atoms with E-state index in [4.69, 9.17) is 25.0 Å². The summed E-state index contributed by atoms with van der Waals surface area (Å²) in [5, 5.41) is 26.9. The van der Waals surface area contributed by atoms with Crippen molar-refractivity contribution in [3.63, 3.8) is 0 Å². The third kappa shape index (κ3) is 9.22. The number of nitrogens with zero attached hydrogens (tertiary/aromatic N) is 4. The summed E-state index contributed by atoms with van der Waals surface area (Å²) in [4.78, 5) is 62.8. The number of ether oxygens (including phenoxy) is 1. The van der Waals surface area contributed by atoms with Crippen LogP contribution in [0.25, 0.3) is 50.4 Å². The second kappa shape index (κ2) is 17.6. The van der Waals surface area contributed by atoms with E-state index in [9.17, 15) is 29.4 Å². The summed E-state index contributed by atoms with van der Waals surface area (Å²) in [6, 6.07) is 7.62. The number of carbonyl (C=O) groups excluding carboxylic acids is 1. The van der Waals surface area contributed by atoms with E-state index in [-0.39, 0.29) is 42.8 Å². The number of rotatable bonds is 11. The van der Waals surface area contributed by atoms with E-state index in [0.717, 1.165) is 61.5 Å². The number of carbonyl (C=O) groups is 4. The van der Waals surface area contributed by atoms with Crippen LogP contribution in [-0.4, -0.2) is 56.3 Å². The monoisotopic (exact) mass is 748 g/mol. The molecule has 0 radical (unpaired) electrons. The van der Waals surface area contributed by atoms with Crippen molar-refractivity contribution in [3.05, 3.63) is 88.5 Å². The molecule has 0 amide bonds. The Morgan fingerprint density at radius 1 is 0.673 bits per heavy atom. The van der Waals surface area contributed by atoms with Gasteiger partial charge in [0.25, 0.3) is 0 Å². The van der Waals surface area contributed by atoms with E-state index in [1.807, 2.05) is 52.0 Å². The number of fused-ring (bicyclic) bond motifs is 8. The first-order valence-corrected chi connectivity index (χ1v) is 16.2. The zero-order valence-electron chi connectivity index (χ0n) is 29.6. The normalized spacial score (nSPS) is 12.0. The Kier molecular flexibility index (Phi) is 13.9. The Bertz CT molecular complexity index is 2190. The van der Waals surface area contributed by atoms with Crippen LogP contribution in [0, 0.1) is 13.8 Å². The fourth-order valence-electron chi connectivity index (χ4n) is 5.92. The van der Waals surface area contributed by atoms with Gasteiger partial charge in [0, 0.05) is 18.4 Å². The molecule has 3 N–H and O–H groups in total. The Morgan fingerprint density at radius 3 is 1.79 bits per heavy atom. The van der Waals surface area contributed by atoms with Gasteiger partial charge in [-0.15, -0.1) is 22.1 Å². The van der Waals surface area contributed by atoms with Crippen molar-refractivity contribution >= 4 is 74.3 Å². The second-order valence-electron chi connectivity index (χ2n) is 12.1. The number of aliphatic carboxylic acids is 3. The fourth-order valence-corrected chi connectivity index (χ4v) is 5.92. The maximum absolute atomic E-state index is 11.5. The van der Waals surface area contributed by atoms with E-state index >= 15 is 0 Å². The van der Waals surface area contributed by atoms with Crippen molar-refractivity contribution in [2.45, 2.75) is 66.2 Å². The van der Waals surface area contributed by atoms with E-state index in [1.165, 1.54) is 7.11 Å². The summed E-state index contributed by atoms with van der Waals surface area (Å²) >= 11 is 0. The van der Waals surface area contributed by atoms with Gasteiger partial charge in [0.15, 0.2) is 0 Å². The number of hydrogen-bond donors (Lipinski definition) is 3. The summed E-state index contributed by atoms with van der Waals surface area (Å²) in [7, 11) is 1.23. The number of aromatic nitrogens is 4. The van der Waals surface area contributed by atoms with Gasteiger partial charge in [-0.05, 0) is 62.8 Å². The molecule has 8 bridgehead atoms. The third-order valence-electron chi connectivity index (χ3n) is 8.83. The molecule has 0 fully saturated rings. The van der Waals surface area contributed by atoms with E-state index in [2.05, 4.69) is 17.9 Å². The summed E-state index contributed by atoms with van der Waals surface area (Å²) in [6.07, 6.45) is 3.85. The van der Waals surface area contributed by atoms with Gasteiger partial charge < -0.3 is 30.0 Å². The first-order chi connectivity index (χ1) is 24.2. The van der Waals surface area contributed by atoms with Gasteiger partial charge in [-0.2, -0.15) is 0 Å². The molecule has 52 heavy (non-hydrogen) atoms. The molecule has 0 unspecified atom stereocenters. The number of carboxylic acids is 3. The van der Waals surface area contributed by atoms with Gasteiger partial charge in [-0.3, -0.25) is 19.2 Å². The minimum absolute atomic E-state index is 0. The quantitative estimate of drug-likeness (QED) is 0.138. The summed E-state index contributed by atoms with van der Waals surface area (Å²) in [5.74, 6) is -3.27. The summed E-state index contributed by atoms with van der Waals surface area (Å²) in [6.45, 7) is 15.9. The topological polar surface area (TPSA) is 192 Å². The Balaban J connectivity index is 0.000000646. The average Bonchev–Trinajstić information content (AvgIpc) is 3.74. The number of aryl methyl sites for hydroxylation is 3. The van der Waals surface area contributed by atoms with Gasteiger partial charge in [0.05, 0.1) is 42.7 Å². The molecule has 2 aliphatic rings. The number of hydrogen-bond acceptors (Lipinski definition) is 7.